The van der Waals surface area contributed by atoms with Crippen LogP contribution in [0.1, 0.15) is 46.3 Å². The van der Waals surface area contributed by atoms with Crippen LogP contribution in [0.15, 0.2) is 49.2 Å². The van der Waals surface area contributed by atoms with Crippen molar-refractivity contribution in [2.75, 3.05) is 13.1 Å². The lowest BCUT2D eigenvalue weighted by molar-refractivity contribution is 0.0205. The average molecular weight is 377 g/mol. The van der Waals surface area contributed by atoms with Crippen LogP contribution in [-0.2, 0) is 5.41 Å². The maximum Gasteiger partial charge on any atom is 0.289 e. The molecular weight excluding hydrogens is 354 g/mol. The van der Waals surface area contributed by atoms with Gasteiger partial charge in [-0.2, -0.15) is 0 Å². The first kappa shape index (κ1) is 17.2. The largest absolute Gasteiger partial charge is 0.390 e. The lowest BCUT2D eigenvalue weighted by Crippen LogP contribution is -2.50. The van der Waals surface area contributed by atoms with Crippen molar-refractivity contribution < 1.29 is 9.90 Å². The Kier molecular flexibility index (Phi) is 3.87. The molecule has 3 aromatic rings. The summed E-state index contributed by atoms with van der Waals surface area (Å²) in [5.41, 5.74) is 2.87. The Labute approximate surface area is 163 Å². The van der Waals surface area contributed by atoms with Gasteiger partial charge < -0.3 is 19.6 Å². The number of aromatic amines is 1. The number of carbonyl (C=O) groups excluding carboxylic acids is 1. The molecule has 28 heavy (non-hydrogen) atoms. The first-order valence-corrected chi connectivity index (χ1v) is 9.66. The highest BCUT2D eigenvalue weighted by Crippen LogP contribution is 2.52. The fourth-order valence-corrected chi connectivity index (χ4v) is 4.94. The van der Waals surface area contributed by atoms with Crippen LogP contribution in [-0.4, -0.2) is 54.6 Å². The van der Waals surface area contributed by atoms with Gasteiger partial charge in [-0.25, -0.2) is 9.97 Å². The Morgan fingerprint density at radius 2 is 2.07 bits per heavy atom. The van der Waals surface area contributed by atoms with Gasteiger partial charge >= 0.3 is 0 Å². The minimum Gasteiger partial charge on any atom is -0.390 e. The van der Waals surface area contributed by atoms with Crippen molar-refractivity contribution in [3.8, 4) is 0 Å². The Morgan fingerprint density at radius 3 is 2.75 bits per heavy atom. The van der Waals surface area contributed by atoms with Gasteiger partial charge in [0.05, 0.1) is 18.5 Å². The number of imidazole rings is 2. The van der Waals surface area contributed by atoms with E-state index in [-0.39, 0.29) is 17.4 Å². The van der Waals surface area contributed by atoms with Crippen molar-refractivity contribution in [2.24, 2.45) is 0 Å². The van der Waals surface area contributed by atoms with Gasteiger partial charge in [-0.05, 0) is 30.9 Å². The lowest BCUT2D eigenvalue weighted by Gasteiger charge is -2.42. The van der Waals surface area contributed by atoms with E-state index in [1.807, 2.05) is 34.7 Å². The average Bonchev–Trinajstić information content (AvgIpc) is 3.44. The number of hydrogen-bond acceptors (Lipinski definition) is 4. The summed E-state index contributed by atoms with van der Waals surface area (Å²) in [4.78, 5) is 25.9. The van der Waals surface area contributed by atoms with Gasteiger partial charge in [0.15, 0.2) is 5.82 Å². The summed E-state index contributed by atoms with van der Waals surface area (Å²) in [7, 11) is 0. The van der Waals surface area contributed by atoms with Gasteiger partial charge in [-0.1, -0.05) is 24.3 Å². The fourth-order valence-electron chi connectivity index (χ4n) is 4.94. The number of H-pyrrole nitrogens is 1. The van der Waals surface area contributed by atoms with E-state index in [1.165, 1.54) is 5.56 Å². The number of piperidine rings is 1. The van der Waals surface area contributed by atoms with Crippen molar-refractivity contribution in [2.45, 2.75) is 37.3 Å². The number of hydrogen-bond donors (Lipinski definition) is 2. The maximum atomic E-state index is 12.8. The molecule has 7 heteroatoms. The highest BCUT2D eigenvalue weighted by Gasteiger charge is 2.53. The molecule has 144 valence electrons. The molecule has 2 aliphatic rings. The van der Waals surface area contributed by atoms with E-state index in [1.54, 1.807) is 18.7 Å². The van der Waals surface area contributed by atoms with E-state index < -0.39 is 6.10 Å². The van der Waals surface area contributed by atoms with E-state index in [2.05, 4.69) is 27.1 Å². The number of aryl methyl sites for hydroxylation is 1. The quantitative estimate of drug-likeness (QED) is 0.716. The number of aliphatic hydroxyl groups is 1. The number of benzene rings is 1. The molecule has 3 heterocycles. The molecule has 0 radical (unpaired) electrons. The number of aromatic nitrogens is 4. The Hall–Kier alpha value is -2.93. The zero-order valence-corrected chi connectivity index (χ0v) is 15.7. The van der Waals surface area contributed by atoms with Gasteiger partial charge in [0.25, 0.3) is 5.91 Å². The van der Waals surface area contributed by atoms with Crippen LogP contribution in [0.25, 0.3) is 0 Å². The molecule has 1 aliphatic heterocycles. The first-order valence-electron chi connectivity index (χ1n) is 9.66. The molecule has 1 aliphatic carbocycles. The minimum absolute atomic E-state index is 0.0742. The monoisotopic (exact) mass is 377 g/mol. The van der Waals surface area contributed by atoms with Crippen molar-refractivity contribution in [3.63, 3.8) is 0 Å². The Morgan fingerprint density at radius 1 is 1.29 bits per heavy atom. The molecule has 2 aromatic heterocycles. The summed E-state index contributed by atoms with van der Waals surface area (Å²) in [6.07, 6.45) is 7.98. The second kappa shape index (κ2) is 6.31. The first-order chi connectivity index (χ1) is 13.6. The van der Waals surface area contributed by atoms with E-state index in [9.17, 15) is 9.90 Å². The van der Waals surface area contributed by atoms with E-state index in [4.69, 9.17) is 0 Å². The summed E-state index contributed by atoms with van der Waals surface area (Å²) < 4.78 is 1.99. The highest BCUT2D eigenvalue weighted by molar-refractivity contribution is 5.90. The predicted molar refractivity (Wildman–Crippen MR) is 103 cm³/mol. The third-order valence-electron chi connectivity index (χ3n) is 6.38. The van der Waals surface area contributed by atoms with Crippen LogP contribution < -0.4 is 0 Å². The van der Waals surface area contributed by atoms with E-state index >= 15 is 0 Å². The molecule has 1 spiro atoms. The zero-order chi connectivity index (χ0) is 19.3. The van der Waals surface area contributed by atoms with Crippen LogP contribution in [0.5, 0.6) is 0 Å². The molecular formula is C21H23N5O2. The Balaban J connectivity index is 1.44. The SMILES string of the molecule is Cc1cnc(C(=O)N2CCC3(CC2)c2ccccc2[C@@H](n2ccnc2)[C@@H]3O)[nH]1. The van der Waals surface area contributed by atoms with Gasteiger partial charge in [0, 0.05) is 42.8 Å². The molecule has 1 saturated heterocycles. The van der Waals surface area contributed by atoms with E-state index in [0.717, 1.165) is 24.1 Å². The van der Waals surface area contributed by atoms with Crippen LogP contribution in [0.4, 0.5) is 0 Å². The Bertz CT molecular complexity index is 1000. The van der Waals surface area contributed by atoms with E-state index in [0.29, 0.717) is 18.9 Å². The van der Waals surface area contributed by atoms with Gasteiger partial charge in [-0.15, -0.1) is 0 Å². The number of nitrogens with zero attached hydrogens (tertiary/aromatic N) is 4. The number of rotatable bonds is 2. The summed E-state index contributed by atoms with van der Waals surface area (Å²) in [5.74, 6) is 0.312. The number of fused-ring (bicyclic) bond motifs is 2. The molecule has 5 rings (SSSR count). The topological polar surface area (TPSA) is 87.0 Å². The summed E-state index contributed by atoms with van der Waals surface area (Å²) in [5, 5.41) is 11.4. The number of nitrogens with one attached hydrogen (secondary N) is 1. The molecule has 1 aromatic carbocycles. The summed E-state index contributed by atoms with van der Waals surface area (Å²) in [6, 6.07) is 8.14. The van der Waals surface area contributed by atoms with Crippen molar-refractivity contribution >= 4 is 5.91 Å². The zero-order valence-electron chi connectivity index (χ0n) is 15.7. The van der Waals surface area contributed by atoms with Gasteiger partial charge in [-0.3, -0.25) is 4.79 Å². The smallest absolute Gasteiger partial charge is 0.289 e. The highest BCUT2D eigenvalue weighted by atomic mass is 16.3. The van der Waals surface area contributed by atoms with Gasteiger partial charge in [0.1, 0.15) is 0 Å². The van der Waals surface area contributed by atoms with Crippen LogP contribution in [0.3, 0.4) is 0 Å². The number of carbonyl (C=O) groups is 1. The molecule has 0 unspecified atom stereocenters. The van der Waals surface area contributed by atoms with Crippen molar-refractivity contribution in [1.82, 2.24) is 24.4 Å². The normalized spacial score (nSPS) is 23.1. The molecule has 0 bridgehead atoms. The second-order valence-corrected chi connectivity index (χ2v) is 7.85. The second-order valence-electron chi connectivity index (χ2n) is 7.85. The maximum absolute atomic E-state index is 12.8. The van der Waals surface area contributed by atoms with Crippen LogP contribution in [0, 0.1) is 6.92 Å². The molecule has 7 nitrogen and oxygen atoms in total. The van der Waals surface area contributed by atoms with Gasteiger partial charge in [0.2, 0.25) is 0 Å². The van der Waals surface area contributed by atoms with Crippen LogP contribution in [0.2, 0.25) is 0 Å². The molecule has 1 amide bonds. The third kappa shape index (κ3) is 2.43. The third-order valence-corrected chi connectivity index (χ3v) is 6.38. The number of aliphatic hydroxyl groups excluding tert-OH is 1. The fraction of sp³-hybridized carbons (Fsp3) is 0.381. The molecule has 2 N–H and O–H groups in total. The lowest BCUT2D eigenvalue weighted by atomic mass is 9.72. The molecule has 1 fully saturated rings. The number of likely N-dealkylation sites (tertiary alicyclic amines) is 1. The standard InChI is InChI=1S/C21H23N5O2/c1-14-12-23-19(24-14)20(28)25-9-6-21(7-10-25)16-5-3-2-4-15(16)17(18(21)27)26-11-8-22-13-26/h2-5,8,11-13,17-18,27H,6-7,9-10H2,1H3,(H,23,24)/t17-,18+/m1/s1. The number of amides is 1. The molecule has 0 saturated carbocycles. The molecule has 2 atom stereocenters. The van der Waals surface area contributed by atoms with Crippen LogP contribution >= 0.6 is 0 Å². The predicted octanol–water partition coefficient (Wildman–Crippen LogP) is 2.05. The summed E-state index contributed by atoms with van der Waals surface area (Å²) in [6.45, 7) is 3.08. The van der Waals surface area contributed by atoms with Crippen molar-refractivity contribution in [3.05, 3.63) is 71.8 Å². The minimum atomic E-state index is -0.554. The summed E-state index contributed by atoms with van der Waals surface area (Å²) >= 11 is 0. The van der Waals surface area contributed by atoms with Crippen molar-refractivity contribution in [1.29, 1.82) is 0 Å².